The van der Waals surface area contributed by atoms with Gasteiger partial charge in [-0.15, -0.1) is 0 Å². The molecule has 0 atom stereocenters. The van der Waals surface area contributed by atoms with Crippen LogP contribution in [0.25, 0.3) is 0 Å². The van der Waals surface area contributed by atoms with Crippen molar-refractivity contribution in [2.24, 2.45) is 0 Å². The fraction of sp³-hybridized carbons (Fsp3) is 0.571. The van der Waals surface area contributed by atoms with E-state index in [1.807, 2.05) is 12.1 Å². The van der Waals surface area contributed by atoms with Crippen molar-refractivity contribution in [3.05, 3.63) is 22.7 Å². The van der Waals surface area contributed by atoms with Crippen LogP contribution < -0.4 is 14.8 Å². The van der Waals surface area contributed by atoms with Crippen LogP contribution in [0.3, 0.4) is 0 Å². The molecule has 0 spiro atoms. The van der Waals surface area contributed by atoms with Gasteiger partial charge in [0.05, 0.1) is 19.2 Å². The molecule has 5 heteroatoms. The summed E-state index contributed by atoms with van der Waals surface area (Å²) in [5, 5.41) is 3.95. The zero-order chi connectivity index (χ0) is 13.7. The van der Waals surface area contributed by atoms with Gasteiger partial charge in [-0.05, 0) is 18.1 Å². The summed E-state index contributed by atoms with van der Waals surface area (Å²) >= 11 is 6.11. The smallest absolute Gasteiger partial charge is 0.179 e. The number of hydrogen-bond donors (Lipinski definition) is 1. The standard InChI is InChI=1S/C14H21ClN2O2/c1-18-13-11(3-4-12(15)14(13)19-2)5-8-17-9-6-16-7-10-17/h3-4,16H,5-10H2,1-2H3. The monoisotopic (exact) mass is 284 g/mol. The Bertz CT molecular complexity index is 420. The second-order valence-corrected chi connectivity index (χ2v) is 5.02. The fourth-order valence-corrected chi connectivity index (χ4v) is 2.63. The zero-order valence-corrected chi connectivity index (χ0v) is 12.3. The Morgan fingerprint density at radius 2 is 1.84 bits per heavy atom. The van der Waals surface area contributed by atoms with Crippen LogP contribution in [0.2, 0.25) is 5.02 Å². The third kappa shape index (κ3) is 3.53. The summed E-state index contributed by atoms with van der Waals surface area (Å²) in [7, 11) is 3.27. The maximum atomic E-state index is 6.11. The maximum absolute atomic E-state index is 6.11. The number of nitrogens with one attached hydrogen (secondary N) is 1. The Morgan fingerprint density at radius 3 is 2.47 bits per heavy atom. The van der Waals surface area contributed by atoms with Gasteiger partial charge in [0.25, 0.3) is 0 Å². The minimum Gasteiger partial charge on any atom is -0.493 e. The van der Waals surface area contributed by atoms with Crippen molar-refractivity contribution >= 4 is 11.6 Å². The quantitative estimate of drug-likeness (QED) is 0.894. The molecule has 1 saturated heterocycles. The molecule has 4 nitrogen and oxygen atoms in total. The summed E-state index contributed by atoms with van der Waals surface area (Å²) in [5.41, 5.74) is 1.14. The summed E-state index contributed by atoms with van der Waals surface area (Å²) < 4.78 is 10.8. The Labute approximate surface area is 119 Å². The summed E-state index contributed by atoms with van der Waals surface area (Å²) in [6.45, 7) is 5.38. The first-order valence-corrected chi connectivity index (χ1v) is 6.96. The van der Waals surface area contributed by atoms with E-state index < -0.39 is 0 Å². The van der Waals surface area contributed by atoms with Gasteiger partial charge in [-0.25, -0.2) is 0 Å². The highest BCUT2D eigenvalue weighted by Gasteiger charge is 2.15. The lowest BCUT2D eigenvalue weighted by Crippen LogP contribution is -2.44. The molecule has 1 aromatic carbocycles. The van der Waals surface area contributed by atoms with Crippen molar-refractivity contribution in [2.75, 3.05) is 46.9 Å². The first-order chi connectivity index (χ1) is 9.26. The van der Waals surface area contributed by atoms with E-state index in [1.54, 1.807) is 14.2 Å². The molecule has 0 aromatic heterocycles. The average Bonchev–Trinajstić information content (AvgIpc) is 2.46. The number of nitrogens with zero attached hydrogens (tertiary/aromatic N) is 1. The molecular formula is C14H21ClN2O2. The second kappa shape index (κ2) is 6.98. The normalized spacial score (nSPS) is 16.4. The van der Waals surface area contributed by atoms with E-state index in [4.69, 9.17) is 21.1 Å². The van der Waals surface area contributed by atoms with Gasteiger partial charge >= 0.3 is 0 Å². The van der Waals surface area contributed by atoms with Gasteiger partial charge in [-0.3, -0.25) is 0 Å². The summed E-state index contributed by atoms with van der Waals surface area (Å²) in [6, 6.07) is 3.89. The summed E-state index contributed by atoms with van der Waals surface area (Å²) in [6.07, 6.45) is 0.941. The topological polar surface area (TPSA) is 33.7 Å². The van der Waals surface area contributed by atoms with Gasteiger partial charge in [0.15, 0.2) is 11.5 Å². The molecular weight excluding hydrogens is 264 g/mol. The van der Waals surface area contributed by atoms with Crippen LogP contribution in [0.1, 0.15) is 5.56 Å². The SMILES string of the molecule is COc1c(Cl)ccc(CCN2CCNCC2)c1OC. The first-order valence-electron chi connectivity index (χ1n) is 6.58. The molecule has 0 amide bonds. The van der Waals surface area contributed by atoms with Gasteiger partial charge in [-0.2, -0.15) is 0 Å². The van der Waals surface area contributed by atoms with Gasteiger partial charge < -0.3 is 19.7 Å². The molecule has 1 heterocycles. The van der Waals surface area contributed by atoms with Crippen LogP contribution >= 0.6 is 11.6 Å². The number of rotatable bonds is 5. The minimum atomic E-state index is 0.588. The molecule has 0 radical (unpaired) electrons. The molecule has 0 unspecified atom stereocenters. The molecule has 1 N–H and O–H groups in total. The number of halogens is 1. The van der Waals surface area contributed by atoms with Gasteiger partial charge in [0.1, 0.15) is 0 Å². The van der Waals surface area contributed by atoms with Crippen molar-refractivity contribution in [1.29, 1.82) is 0 Å². The number of hydrogen-bond acceptors (Lipinski definition) is 4. The Hall–Kier alpha value is -0.970. The first kappa shape index (κ1) is 14.4. The molecule has 1 aromatic rings. The van der Waals surface area contributed by atoms with Crippen molar-refractivity contribution in [3.8, 4) is 11.5 Å². The second-order valence-electron chi connectivity index (χ2n) is 4.61. The van der Waals surface area contributed by atoms with Crippen molar-refractivity contribution in [3.63, 3.8) is 0 Å². The van der Waals surface area contributed by atoms with Gasteiger partial charge in [-0.1, -0.05) is 17.7 Å². The number of benzene rings is 1. The lowest BCUT2D eigenvalue weighted by molar-refractivity contribution is 0.242. The highest BCUT2D eigenvalue weighted by molar-refractivity contribution is 6.32. The number of methoxy groups -OCH3 is 2. The molecule has 2 rings (SSSR count). The van der Waals surface area contributed by atoms with Crippen LogP contribution in [0, 0.1) is 0 Å². The Balaban J connectivity index is 2.06. The Morgan fingerprint density at radius 1 is 1.16 bits per heavy atom. The van der Waals surface area contributed by atoms with E-state index in [0.29, 0.717) is 10.8 Å². The largest absolute Gasteiger partial charge is 0.493 e. The third-order valence-electron chi connectivity index (χ3n) is 3.46. The lowest BCUT2D eigenvalue weighted by atomic mass is 10.1. The van der Waals surface area contributed by atoms with Crippen LogP contribution in [0.15, 0.2) is 12.1 Å². The predicted octanol–water partition coefficient (Wildman–Crippen LogP) is 1.80. The minimum absolute atomic E-state index is 0.588. The molecule has 106 valence electrons. The van der Waals surface area contributed by atoms with E-state index in [1.165, 1.54) is 0 Å². The molecule has 0 aliphatic carbocycles. The van der Waals surface area contributed by atoms with Crippen molar-refractivity contribution in [1.82, 2.24) is 10.2 Å². The van der Waals surface area contributed by atoms with E-state index >= 15 is 0 Å². The summed E-state index contributed by atoms with van der Waals surface area (Å²) in [4.78, 5) is 2.46. The van der Waals surface area contributed by atoms with Gasteiger partial charge in [0, 0.05) is 32.7 Å². The number of ether oxygens (including phenoxy) is 2. The Kier molecular flexibility index (Phi) is 5.31. The van der Waals surface area contributed by atoms with Crippen LogP contribution in [0.4, 0.5) is 0 Å². The maximum Gasteiger partial charge on any atom is 0.179 e. The van der Waals surface area contributed by atoms with E-state index in [2.05, 4.69) is 10.2 Å². The van der Waals surface area contributed by atoms with E-state index in [0.717, 1.165) is 50.5 Å². The van der Waals surface area contributed by atoms with Crippen molar-refractivity contribution < 1.29 is 9.47 Å². The van der Waals surface area contributed by atoms with Crippen LogP contribution in [0.5, 0.6) is 11.5 Å². The molecule has 0 saturated carbocycles. The molecule has 1 fully saturated rings. The van der Waals surface area contributed by atoms with Gasteiger partial charge in [0.2, 0.25) is 0 Å². The molecule has 1 aliphatic rings. The van der Waals surface area contributed by atoms with E-state index in [-0.39, 0.29) is 0 Å². The third-order valence-corrected chi connectivity index (χ3v) is 3.76. The fourth-order valence-electron chi connectivity index (χ4n) is 2.40. The average molecular weight is 285 g/mol. The molecule has 0 bridgehead atoms. The highest BCUT2D eigenvalue weighted by Crippen LogP contribution is 2.37. The highest BCUT2D eigenvalue weighted by atomic mass is 35.5. The molecule has 1 aliphatic heterocycles. The lowest BCUT2D eigenvalue weighted by Gasteiger charge is -2.27. The van der Waals surface area contributed by atoms with E-state index in [9.17, 15) is 0 Å². The molecule has 19 heavy (non-hydrogen) atoms. The number of piperazine rings is 1. The van der Waals surface area contributed by atoms with Crippen LogP contribution in [-0.4, -0.2) is 51.8 Å². The predicted molar refractivity (Wildman–Crippen MR) is 77.6 cm³/mol. The van der Waals surface area contributed by atoms with Crippen LogP contribution in [-0.2, 0) is 6.42 Å². The van der Waals surface area contributed by atoms with Crippen molar-refractivity contribution in [2.45, 2.75) is 6.42 Å². The summed E-state index contributed by atoms with van der Waals surface area (Å²) in [5.74, 6) is 1.38. The zero-order valence-electron chi connectivity index (χ0n) is 11.5.